The van der Waals surface area contributed by atoms with Gasteiger partial charge in [0.15, 0.2) is 0 Å². The number of carboxylic acid groups (broad SMARTS) is 1. The zero-order chi connectivity index (χ0) is 24.1. The van der Waals surface area contributed by atoms with Crippen LogP contribution in [0, 0.1) is 0 Å². The average Bonchev–Trinajstić information content (AvgIpc) is 3.15. The number of nitrogens with one attached hydrogen (secondary N) is 1. The Morgan fingerprint density at radius 1 is 1.00 bits per heavy atom. The van der Waals surface area contributed by atoms with E-state index >= 15 is 0 Å². The van der Waals surface area contributed by atoms with Gasteiger partial charge in [0.1, 0.15) is 13.2 Å². The van der Waals surface area contributed by atoms with E-state index in [0.717, 1.165) is 30.4 Å². The lowest BCUT2D eigenvalue weighted by Gasteiger charge is -2.38. The van der Waals surface area contributed by atoms with Crippen molar-refractivity contribution < 1.29 is 24.2 Å². The monoisotopic (exact) mass is 464 g/mol. The number of amides is 2. The second kappa shape index (κ2) is 10.3. The summed E-state index contributed by atoms with van der Waals surface area (Å²) in [5, 5.41) is 12.1. The highest BCUT2D eigenvalue weighted by Gasteiger charge is 2.38. The van der Waals surface area contributed by atoms with Crippen molar-refractivity contribution in [3.8, 4) is 11.1 Å². The molecular formula is C27H32N2O5. The van der Waals surface area contributed by atoms with Crippen molar-refractivity contribution in [2.75, 3.05) is 19.7 Å². The van der Waals surface area contributed by atoms with Crippen molar-refractivity contribution in [3.63, 3.8) is 0 Å². The molecule has 0 spiro atoms. The number of hydrogen-bond acceptors (Lipinski definition) is 4. The summed E-state index contributed by atoms with van der Waals surface area (Å²) in [6, 6.07) is 16.3. The maximum atomic E-state index is 12.9. The molecule has 1 fully saturated rings. The molecule has 2 amide bonds. The van der Waals surface area contributed by atoms with Crippen LogP contribution in [0.25, 0.3) is 11.1 Å². The van der Waals surface area contributed by atoms with Gasteiger partial charge in [0.2, 0.25) is 5.91 Å². The first kappa shape index (κ1) is 23.8. The molecule has 0 unspecified atom stereocenters. The van der Waals surface area contributed by atoms with E-state index in [9.17, 15) is 14.4 Å². The van der Waals surface area contributed by atoms with Crippen LogP contribution in [0.4, 0.5) is 4.79 Å². The second-order valence-corrected chi connectivity index (χ2v) is 9.27. The van der Waals surface area contributed by atoms with Crippen molar-refractivity contribution in [2.24, 2.45) is 0 Å². The molecule has 1 saturated carbocycles. The summed E-state index contributed by atoms with van der Waals surface area (Å²) in [4.78, 5) is 38.3. The van der Waals surface area contributed by atoms with E-state index < -0.39 is 17.6 Å². The Balaban J connectivity index is 1.44. The van der Waals surface area contributed by atoms with E-state index in [0.29, 0.717) is 19.4 Å². The van der Waals surface area contributed by atoms with Crippen LogP contribution in [0.5, 0.6) is 0 Å². The highest BCUT2D eigenvalue weighted by molar-refractivity contribution is 5.83. The van der Waals surface area contributed by atoms with Gasteiger partial charge >= 0.3 is 12.1 Å². The Bertz CT molecular complexity index is 1010. The summed E-state index contributed by atoms with van der Waals surface area (Å²) in [6.07, 6.45) is 3.76. The first-order valence-corrected chi connectivity index (χ1v) is 12.1. The molecule has 0 aromatic heterocycles. The molecule has 2 aliphatic carbocycles. The molecule has 7 heteroatoms. The van der Waals surface area contributed by atoms with E-state index in [1.807, 2.05) is 24.3 Å². The first-order valence-electron chi connectivity index (χ1n) is 12.1. The number of carbonyl (C=O) groups excluding carboxylic acids is 2. The molecule has 180 valence electrons. The fourth-order valence-corrected chi connectivity index (χ4v) is 5.37. The third kappa shape index (κ3) is 5.08. The average molecular weight is 465 g/mol. The number of benzene rings is 2. The van der Waals surface area contributed by atoms with Crippen LogP contribution in [0.15, 0.2) is 48.5 Å². The number of aliphatic carboxylic acids is 1. The Morgan fingerprint density at radius 3 is 2.15 bits per heavy atom. The maximum Gasteiger partial charge on any atom is 0.407 e. The summed E-state index contributed by atoms with van der Waals surface area (Å²) in [7, 11) is 0. The third-order valence-corrected chi connectivity index (χ3v) is 7.07. The van der Waals surface area contributed by atoms with Crippen LogP contribution in [-0.4, -0.2) is 53.2 Å². The van der Waals surface area contributed by atoms with Crippen molar-refractivity contribution in [1.29, 1.82) is 0 Å². The maximum absolute atomic E-state index is 12.9. The predicted molar refractivity (Wildman–Crippen MR) is 129 cm³/mol. The van der Waals surface area contributed by atoms with Crippen molar-refractivity contribution in [3.05, 3.63) is 59.7 Å². The molecule has 0 heterocycles. The number of nitrogens with zero attached hydrogens (tertiary/aromatic N) is 1. The van der Waals surface area contributed by atoms with Crippen molar-refractivity contribution in [1.82, 2.24) is 10.2 Å². The molecule has 0 aliphatic heterocycles. The summed E-state index contributed by atoms with van der Waals surface area (Å²) < 4.78 is 5.73. The van der Waals surface area contributed by atoms with Gasteiger partial charge in [-0.3, -0.25) is 9.59 Å². The molecule has 0 saturated heterocycles. The Morgan fingerprint density at radius 2 is 1.59 bits per heavy atom. The van der Waals surface area contributed by atoms with Crippen molar-refractivity contribution in [2.45, 2.75) is 56.9 Å². The number of fused-ring (bicyclic) bond motifs is 3. The summed E-state index contributed by atoms with van der Waals surface area (Å²) in [5.74, 6) is -1.34. The van der Waals surface area contributed by atoms with Crippen LogP contribution < -0.4 is 5.32 Å². The fourth-order valence-electron chi connectivity index (χ4n) is 5.37. The van der Waals surface area contributed by atoms with E-state index in [2.05, 4.69) is 29.6 Å². The summed E-state index contributed by atoms with van der Waals surface area (Å²) >= 11 is 0. The minimum absolute atomic E-state index is 0.0340. The number of ether oxygens (including phenoxy) is 1. The highest BCUT2D eigenvalue weighted by atomic mass is 16.5. The quantitative estimate of drug-likeness (QED) is 0.597. The van der Waals surface area contributed by atoms with Gasteiger partial charge < -0.3 is 20.1 Å². The van der Waals surface area contributed by atoms with Crippen LogP contribution >= 0.6 is 0 Å². The lowest BCUT2D eigenvalue weighted by atomic mass is 9.79. The van der Waals surface area contributed by atoms with Gasteiger partial charge in [-0.05, 0) is 42.0 Å². The van der Waals surface area contributed by atoms with Gasteiger partial charge in [-0.1, -0.05) is 67.8 Å². The van der Waals surface area contributed by atoms with E-state index in [-0.39, 0.29) is 31.4 Å². The Kier molecular flexibility index (Phi) is 7.20. The van der Waals surface area contributed by atoms with Gasteiger partial charge in [-0.2, -0.15) is 0 Å². The number of alkyl carbamates (subject to hydrolysis) is 1. The highest BCUT2D eigenvalue weighted by Crippen LogP contribution is 2.44. The predicted octanol–water partition coefficient (Wildman–Crippen LogP) is 4.55. The molecule has 7 nitrogen and oxygen atoms in total. The number of rotatable bonds is 8. The normalized spacial score (nSPS) is 16.3. The Hall–Kier alpha value is -3.35. The largest absolute Gasteiger partial charge is 0.480 e. The Labute approximate surface area is 200 Å². The molecule has 0 atom stereocenters. The topological polar surface area (TPSA) is 95.9 Å². The summed E-state index contributed by atoms with van der Waals surface area (Å²) in [6.45, 7) is 1.94. The van der Waals surface area contributed by atoms with Gasteiger partial charge in [0.25, 0.3) is 0 Å². The molecule has 4 rings (SSSR count). The second-order valence-electron chi connectivity index (χ2n) is 9.27. The van der Waals surface area contributed by atoms with Gasteiger partial charge in [-0.15, -0.1) is 0 Å². The zero-order valence-electron chi connectivity index (χ0n) is 19.6. The summed E-state index contributed by atoms with van der Waals surface area (Å²) in [5.41, 5.74) is 3.92. The minimum Gasteiger partial charge on any atom is -0.480 e. The lowest BCUT2D eigenvalue weighted by Crippen LogP contribution is -2.53. The van der Waals surface area contributed by atoms with Gasteiger partial charge in [0, 0.05) is 12.5 Å². The number of hydrogen-bond donors (Lipinski definition) is 2. The van der Waals surface area contributed by atoms with Crippen LogP contribution in [0.1, 0.15) is 62.5 Å². The van der Waals surface area contributed by atoms with E-state index in [4.69, 9.17) is 9.84 Å². The molecule has 0 bridgehead atoms. The molecular weight excluding hydrogens is 432 g/mol. The number of carbonyl (C=O) groups is 3. The lowest BCUT2D eigenvalue weighted by molar-refractivity contribution is -0.145. The third-order valence-electron chi connectivity index (χ3n) is 7.07. The minimum atomic E-state index is -1.04. The van der Waals surface area contributed by atoms with Crippen LogP contribution in [0.2, 0.25) is 0 Å². The van der Waals surface area contributed by atoms with Crippen molar-refractivity contribution >= 4 is 18.0 Å². The number of likely N-dealkylation sites (N-methyl/N-ethyl adjacent to an activating group) is 1. The molecule has 0 radical (unpaired) electrons. The van der Waals surface area contributed by atoms with Gasteiger partial charge in [-0.25, -0.2) is 4.79 Å². The first-order chi connectivity index (χ1) is 16.4. The zero-order valence-corrected chi connectivity index (χ0v) is 19.6. The molecule has 2 aromatic rings. The van der Waals surface area contributed by atoms with Gasteiger partial charge in [0.05, 0.1) is 12.0 Å². The SMILES string of the molecule is CCN(CC(=O)O)C(=O)CC1(NC(=O)OCC2c3ccccc3-c3ccccc32)CCCCC1. The van der Waals surface area contributed by atoms with E-state index in [1.54, 1.807) is 6.92 Å². The van der Waals surface area contributed by atoms with Crippen LogP contribution in [-0.2, 0) is 14.3 Å². The smallest absolute Gasteiger partial charge is 0.407 e. The standard InChI is InChI=1S/C27H32N2O5/c1-2-29(17-25(31)32)24(30)16-27(14-8-3-9-15-27)28-26(33)34-18-23-21-12-6-4-10-19(21)20-11-5-7-13-22(20)23/h4-7,10-13,23H,2-3,8-9,14-18H2,1H3,(H,28,33)(H,31,32). The van der Waals surface area contributed by atoms with E-state index in [1.165, 1.54) is 16.0 Å². The molecule has 2 aliphatic rings. The molecule has 2 N–H and O–H groups in total. The fraction of sp³-hybridized carbons (Fsp3) is 0.444. The van der Waals surface area contributed by atoms with Crippen LogP contribution in [0.3, 0.4) is 0 Å². The molecule has 34 heavy (non-hydrogen) atoms. The number of carboxylic acids is 1. The molecule has 2 aromatic carbocycles.